The first kappa shape index (κ1) is 17.9. The summed E-state index contributed by atoms with van der Waals surface area (Å²) in [7, 11) is 0. The number of hydrogen-bond acceptors (Lipinski definition) is 1. The van der Waals surface area contributed by atoms with Crippen molar-refractivity contribution in [3.8, 4) is 11.3 Å². The van der Waals surface area contributed by atoms with Crippen molar-refractivity contribution < 1.29 is 0 Å². The lowest BCUT2D eigenvalue weighted by atomic mass is 9.77. The lowest BCUT2D eigenvalue weighted by molar-refractivity contribution is 0.302. The standard InChI is InChI=1S/C22H28IN/c1-2-3-4-5-17-6-8-18(9-7-17)20-12-15-22(24-16-20)19-10-13-21(23)14-11-19/h10-18H,2-9H2,1H3. The first-order chi connectivity index (χ1) is 11.8. The van der Waals surface area contributed by atoms with Crippen molar-refractivity contribution in [2.75, 3.05) is 0 Å². The number of benzene rings is 1. The van der Waals surface area contributed by atoms with Crippen molar-refractivity contribution in [1.29, 1.82) is 0 Å². The molecule has 0 spiro atoms. The van der Waals surface area contributed by atoms with Gasteiger partial charge in [0.2, 0.25) is 0 Å². The Morgan fingerprint density at radius 1 is 0.958 bits per heavy atom. The number of halogens is 1. The van der Waals surface area contributed by atoms with E-state index in [-0.39, 0.29) is 0 Å². The van der Waals surface area contributed by atoms with Gasteiger partial charge in [0.1, 0.15) is 0 Å². The summed E-state index contributed by atoms with van der Waals surface area (Å²) in [6.45, 7) is 2.30. The highest BCUT2D eigenvalue weighted by Gasteiger charge is 2.22. The maximum atomic E-state index is 4.73. The molecule has 1 aromatic carbocycles. The minimum atomic E-state index is 0.727. The van der Waals surface area contributed by atoms with Gasteiger partial charge in [-0.15, -0.1) is 0 Å². The van der Waals surface area contributed by atoms with Crippen LogP contribution in [-0.2, 0) is 0 Å². The molecule has 1 nitrogen and oxygen atoms in total. The number of aromatic nitrogens is 1. The van der Waals surface area contributed by atoms with Crippen molar-refractivity contribution in [3.63, 3.8) is 0 Å². The van der Waals surface area contributed by atoms with E-state index in [1.807, 2.05) is 0 Å². The second-order valence-corrected chi connectivity index (χ2v) is 8.44. The molecule has 1 fully saturated rings. The Balaban J connectivity index is 1.56. The largest absolute Gasteiger partial charge is 0.256 e. The van der Waals surface area contributed by atoms with Gasteiger partial charge in [0, 0.05) is 15.3 Å². The van der Waals surface area contributed by atoms with Gasteiger partial charge >= 0.3 is 0 Å². The van der Waals surface area contributed by atoms with Gasteiger partial charge in [0.15, 0.2) is 0 Å². The summed E-state index contributed by atoms with van der Waals surface area (Å²) in [6.07, 6.45) is 13.3. The topological polar surface area (TPSA) is 12.9 Å². The van der Waals surface area contributed by atoms with Gasteiger partial charge in [-0.2, -0.15) is 0 Å². The van der Waals surface area contributed by atoms with Crippen LogP contribution < -0.4 is 0 Å². The van der Waals surface area contributed by atoms with Gasteiger partial charge in [0.05, 0.1) is 5.69 Å². The second kappa shape index (κ2) is 8.98. The molecular weight excluding hydrogens is 405 g/mol. The third-order valence-electron chi connectivity index (χ3n) is 5.46. The van der Waals surface area contributed by atoms with E-state index in [0.717, 1.165) is 17.5 Å². The Kier molecular flexibility index (Phi) is 6.70. The molecule has 0 radical (unpaired) electrons. The highest BCUT2D eigenvalue weighted by atomic mass is 127. The average Bonchev–Trinajstić information content (AvgIpc) is 2.63. The molecule has 0 aliphatic heterocycles. The first-order valence-corrected chi connectivity index (χ1v) is 10.6. The Morgan fingerprint density at radius 3 is 2.33 bits per heavy atom. The molecule has 0 N–H and O–H groups in total. The van der Waals surface area contributed by atoms with Gasteiger partial charge in [0.25, 0.3) is 0 Å². The van der Waals surface area contributed by atoms with Crippen molar-refractivity contribution in [1.82, 2.24) is 4.98 Å². The lowest BCUT2D eigenvalue weighted by Gasteiger charge is -2.28. The predicted octanol–water partition coefficient (Wildman–Crippen LogP) is 7.21. The molecule has 1 aliphatic carbocycles. The molecule has 0 bridgehead atoms. The monoisotopic (exact) mass is 433 g/mol. The highest BCUT2D eigenvalue weighted by Crippen LogP contribution is 2.37. The summed E-state index contributed by atoms with van der Waals surface area (Å²) < 4.78 is 1.27. The summed E-state index contributed by atoms with van der Waals surface area (Å²) >= 11 is 2.34. The van der Waals surface area contributed by atoms with Gasteiger partial charge in [-0.05, 0) is 83.9 Å². The minimum absolute atomic E-state index is 0.727. The molecule has 0 saturated heterocycles. The third-order valence-corrected chi connectivity index (χ3v) is 6.18. The van der Waals surface area contributed by atoms with Crippen molar-refractivity contribution in [2.45, 2.75) is 64.2 Å². The van der Waals surface area contributed by atoms with Gasteiger partial charge in [-0.3, -0.25) is 4.98 Å². The number of nitrogens with zero attached hydrogens (tertiary/aromatic N) is 1. The van der Waals surface area contributed by atoms with E-state index in [9.17, 15) is 0 Å². The normalized spacial score (nSPS) is 20.9. The van der Waals surface area contributed by atoms with Crippen molar-refractivity contribution in [2.24, 2.45) is 5.92 Å². The zero-order valence-electron chi connectivity index (χ0n) is 14.7. The first-order valence-electron chi connectivity index (χ1n) is 9.48. The smallest absolute Gasteiger partial charge is 0.0702 e. The Labute approximate surface area is 160 Å². The van der Waals surface area contributed by atoms with E-state index >= 15 is 0 Å². The number of pyridine rings is 1. The molecule has 1 heterocycles. The van der Waals surface area contributed by atoms with E-state index < -0.39 is 0 Å². The average molecular weight is 433 g/mol. The third kappa shape index (κ3) is 4.81. The summed E-state index contributed by atoms with van der Waals surface area (Å²) in [5, 5.41) is 0. The van der Waals surface area contributed by atoms with E-state index in [0.29, 0.717) is 0 Å². The fourth-order valence-electron chi connectivity index (χ4n) is 3.91. The molecule has 1 aromatic heterocycles. The van der Waals surface area contributed by atoms with E-state index in [1.165, 1.54) is 66.1 Å². The van der Waals surface area contributed by atoms with Crippen molar-refractivity contribution in [3.05, 3.63) is 51.7 Å². The zero-order chi connectivity index (χ0) is 16.8. The SMILES string of the molecule is CCCCCC1CCC(c2ccc(-c3ccc(I)cc3)nc2)CC1. The van der Waals surface area contributed by atoms with Gasteiger partial charge in [-0.25, -0.2) is 0 Å². The maximum absolute atomic E-state index is 4.73. The van der Waals surface area contributed by atoms with Crippen molar-refractivity contribution >= 4 is 22.6 Å². The molecule has 24 heavy (non-hydrogen) atoms. The Hall–Kier alpha value is -0.900. The van der Waals surface area contributed by atoms with Crippen LogP contribution in [0.25, 0.3) is 11.3 Å². The fraction of sp³-hybridized carbons (Fsp3) is 0.500. The van der Waals surface area contributed by atoms with E-state index in [1.54, 1.807) is 0 Å². The highest BCUT2D eigenvalue weighted by molar-refractivity contribution is 14.1. The van der Waals surface area contributed by atoms with Gasteiger partial charge < -0.3 is 0 Å². The van der Waals surface area contributed by atoms with Crippen LogP contribution in [-0.4, -0.2) is 4.98 Å². The van der Waals surface area contributed by atoms with E-state index in [4.69, 9.17) is 4.98 Å². The second-order valence-electron chi connectivity index (χ2n) is 7.20. The van der Waals surface area contributed by atoms with Crippen LogP contribution in [0.5, 0.6) is 0 Å². The molecule has 0 unspecified atom stereocenters. The predicted molar refractivity (Wildman–Crippen MR) is 111 cm³/mol. The quantitative estimate of drug-likeness (QED) is 0.347. The Morgan fingerprint density at radius 2 is 1.71 bits per heavy atom. The van der Waals surface area contributed by atoms with Gasteiger partial charge in [-0.1, -0.05) is 50.8 Å². The Bertz CT molecular complexity index is 609. The zero-order valence-corrected chi connectivity index (χ0v) is 16.8. The summed E-state index contributed by atoms with van der Waals surface area (Å²) in [5.41, 5.74) is 3.74. The maximum Gasteiger partial charge on any atom is 0.0702 e. The summed E-state index contributed by atoms with van der Waals surface area (Å²) in [6, 6.07) is 13.1. The molecule has 2 aromatic rings. The minimum Gasteiger partial charge on any atom is -0.256 e. The molecule has 0 amide bonds. The number of unbranched alkanes of at least 4 members (excludes halogenated alkanes) is 2. The number of rotatable bonds is 6. The lowest BCUT2D eigenvalue weighted by Crippen LogP contribution is -2.13. The van der Waals surface area contributed by atoms with Crippen LogP contribution in [0, 0.1) is 9.49 Å². The molecule has 3 rings (SSSR count). The molecule has 1 saturated carbocycles. The van der Waals surface area contributed by atoms with Crippen LogP contribution in [0.2, 0.25) is 0 Å². The van der Waals surface area contributed by atoms with Crippen LogP contribution in [0.4, 0.5) is 0 Å². The van der Waals surface area contributed by atoms with Crippen LogP contribution in [0.15, 0.2) is 42.6 Å². The fourth-order valence-corrected chi connectivity index (χ4v) is 4.27. The molecular formula is C22H28IN. The van der Waals surface area contributed by atoms with Crippen LogP contribution in [0.3, 0.4) is 0 Å². The molecule has 0 atom stereocenters. The van der Waals surface area contributed by atoms with E-state index in [2.05, 4.69) is 72.1 Å². The summed E-state index contributed by atoms with van der Waals surface area (Å²) in [5.74, 6) is 1.71. The molecule has 128 valence electrons. The molecule has 1 aliphatic rings. The molecule has 2 heteroatoms. The number of hydrogen-bond donors (Lipinski definition) is 0. The van der Waals surface area contributed by atoms with Crippen LogP contribution >= 0.6 is 22.6 Å². The summed E-state index contributed by atoms with van der Waals surface area (Å²) in [4.78, 5) is 4.73. The van der Waals surface area contributed by atoms with Crippen LogP contribution in [0.1, 0.15) is 69.8 Å².